The van der Waals surface area contributed by atoms with E-state index in [2.05, 4.69) is 10.6 Å². The van der Waals surface area contributed by atoms with Crippen molar-refractivity contribution in [3.63, 3.8) is 0 Å². The summed E-state index contributed by atoms with van der Waals surface area (Å²) in [5.74, 6) is 0.212. The Kier molecular flexibility index (Phi) is 10.3. The van der Waals surface area contributed by atoms with Crippen molar-refractivity contribution in [2.24, 2.45) is 0 Å². The van der Waals surface area contributed by atoms with Gasteiger partial charge in [-0.05, 0) is 57.0 Å². The van der Waals surface area contributed by atoms with E-state index in [9.17, 15) is 14.9 Å². The molecule has 0 aliphatic heterocycles. The summed E-state index contributed by atoms with van der Waals surface area (Å²) < 4.78 is 16.2. The number of amides is 1. The van der Waals surface area contributed by atoms with Crippen molar-refractivity contribution in [1.82, 2.24) is 5.32 Å². The lowest BCUT2D eigenvalue weighted by Crippen LogP contribution is -2.19. The molecule has 8 heteroatoms. The summed E-state index contributed by atoms with van der Waals surface area (Å²) in [7, 11) is 0. The van der Waals surface area contributed by atoms with Crippen LogP contribution in [0.25, 0.3) is 0 Å². The predicted molar refractivity (Wildman–Crippen MR) is 125 cm³/mol. The summed E-state index contributed by atoms with van der Waals surface area (Å²) in [4.78, 5) is 24.6. The van der Waals surface area contributed by atoms with Gasteiger partial charge in [0.05, 0.1) is 31.1 Å². The molecule has 0 bridgehead atoms. The summed E-state index contributed by atoms with van der Waals surface area (Å²) in [5, 5.41) is 15.0. The average molecular weight is 452 g/mol. The van der Waals surface area contributed by atoms with E-state index >= 15 is 0 Å². The van der Waals surface area contributed by atoms with Crippen molar-refractivity contribution in [2.45, 2.75) is 27.2 Å². The van der Waals surface area contributed by atoms with Crippen LogP contribution in [0.2, 0.25) is 0 Å². The summed E-state index contributed by atoms with van der Waals surface area (Å²) >= 11 is 0. The highest BCUT2D eigenvalue weighted by atomic mass is 16.5. The molecule has 0 fully saturated rings. The van der Waals surface area contributed by atoms with E-state index in [4.69, 9.17) is 14.2 Å². The van der Waals surface area contributed by atoms with Gasteiger partial charge in [0.1, 0.15) is 11.6 Å². The van der Waals surface area contributed by atoms with E-state index in [1.54, 1.807) is 31.2 Å². The molecule has 0 unspecified atom stereocenters. The molecule has 33 heavy (non-hydrogen) atoms. The summed E-state index contributed by atoms with van der Waals surface area (Å²) in [6.45, 7) is 7.32. The third-order valence-electron chi connectivity index (χ3n) is 4.45. The molecular formula is C25H29N3O5. The van der Waals surface area contributed by atoms with Crippen LogP contribution >= 0.6 is 0 Å². The maximum atomic E-state index is 12.5. The molecule has 2 N–H and O–H groups in total. The van der Waals surface area contributed by atoms with Gasteiger partial charge < -0.3 is 24.8 Å². The number of nitrogens with one attached hydrogen (secondary N) is 2. The van der Waals surface area contributed by atoms with Crippen LogP contribution in [-0.4, -0.2) is 38.2 Å². The normalized spacial score (nSPS) is 10.7. The molecule has 0 spiro atoms. The molecule has 0 heterocycles. The molecule has 0 radical (unpaired) electrons. The van der Waals surface area contributed by atoms with E-state index in [1.165, 1.54) is 6.20 Å². The van der Waals surface area contributed by atoms with Gasteiger partial charge in [0.2, 0.25) is 0 Å². The molecule has 0 aliphatic rings. The Balaban J connectivity index is 1.99. The minimum atomic E-state index is -0.624. The number of carbonyl (C=O) groups excluding carboxylic acids is 2. The van der Waals surface area contributed by atoms with Crippen molar-refractivity contribution >= 4 is 17.6 Å². The molecule has 2 rings (SSSR count). The summed E-state index contributed by atoms with van der Waals surface area (Å²) in [6, 6.07) is 14.1. The molecule has 174 valence electrons. The van der Waals surface area contributed by atoms with E-state index in [0.29, 0.717) is 37.7 Å². The Morgan fingerprint density at radius 2 is 1.73 bits per heavy atom. The van der Waals surface area contributed by atoms with Crippen LogP contribution in [0.3, 0.4) is 0 Å². The van der Waals surface area contributed by atoms with Crippen LogP contribution in [0.5, 0.6) is 11.5 Å². The van der Waals surface area contributed by atoms with Gasteiger partial charge in [-0.2, -0.15) is 5.26 Å². The molecule has 0 saturated carbocycles. The summed E-state index contributed by atoms with van der Waals surface area (Å²) in [5.41, 5.74) is 1.41. The fraction of sp³-hybridized carbons (Fsp3) is 0.320. The second kappa shape index (κ2) is 13.4. The lowest BCUT2D eigenvalue weighted by molar-refractivity contribution is -0.112. The van der Waals surface area contributed by atoms with Gasteiger partial charge in [0, 0.05) is 12.7 Å². The van der Waals surface area contributed by atoms with Crippen LogP contribution in [0.4, 0.5) is 5.69 Å². The zero-order valence-corrected chi connectivity index (χ0v) is 19.1. The first-order chi connectivity index (χ1) is 16.0. The molecule has 1 amide bonds. The number of esters is 1. The SMILES string of the molecule is CCOC(=O)c1ccccc1NC(=O)/C(C#N)=C\NCCc1ccc(OCC)c(OCC)c1. The third-order valence-corrected chi connectivity index (χ3v) is 4.45. The first-order valence-corrected chi connectivity index (χ1v) is 10.8. The largest absolute Gasteiger partial charge is 0.490 e. The number of nitriles is 1. The van der Waals surface area contributed by atoms with E-state index in [-0.39, 0.29) is 23.4 Å². The molecular weight excluding hydrogens is 422 g/mol. The second-order valence-corrected chi connectivity index (χ2v) is 6.74. The van der Waals surface area contributed by atoms with E-state index < -0.39 is 11.9 Å². The number of carbonyl (C=O) groups is 2. The number of para-hydroxylation sites is 1. The molecule has 8 nitrogen and oxygen atoms in total. The van der Waals surface area contributed by atoms with Gasteiger partial charge in [0.15, 0.2) is 11.5 Å². The minimum absolute atomic E-state index is 0.115. The number of ether oxygens (including phenoxy) is 3. The number of hydrogen-bond acceptors (Lipinski definition) is 7. The van der Waals surface area contributed by atoms with Crippen LogP contribution in [0.15, 0.2) is 54.2 Å². The van der Waals surface area contributed by atoms with Gasteiger partial charge >= 0.3 is 5.97 Å². The monoisotopic (exact) mass is 451 g/mol. The quantitative estimate of drug-likeness (QED) is 0.218. The Labute approximate surface area is 194 Å². The first-order valence-electron chi connectivity index (χ1n) is 10.8. The van der Waals surface area contributed by atoms with Crippen LogP contribution < -0.4 is 20.1 Å². The van der Waals surface area contributed by atoms with Crippen molar-refractivity contribution in [3.8, 4) is 17.6 Å². The van der Waals surface area contributed by atoms with Crippen molar-refractivity contribution in [3.05, 3.63) is 65.4 Å². The van der Waals surface area contributed by atoms with Crippen molar-refractivity contribution in [2.75, 3.05) is 31.7 Å². The zero-order chi connectivity index (χ0) is 24.1. The smallest absolute Gasteiger partial charge is 0.340 e. The van der Waals surface area contributed by atoms with Gasteiger partial charge in [-0.25, -0.2) is 4.79 Å². The van der Waals surface area contributed by atoms with Gasteiger partial charge in [0.25, 0.3) is 5.91 Å². The minimum Gasteiger partial charge on any atom is -0.490 e. The molecule has 0 aromatic heterocycles. The van der Waals surface area contributed by atoms with Gasteiger partial charge in [-0.1, -0.05) is 18.2 Å². The van der Waals surface area contributed by atoms with E-state index in [1.807, 2.05) is 38.1 Å². The molecule has 0 atom stereocenters. The van der Waals surface area contributed by atoms with Gasteiger partial charge in [-0.15, -0.1) is 0 Å². The average Bonchev–Trinajstić information content (AvgIpc) is 2.81. The van der Waals surface area contributed by atoms with Crippen molar-refractivity contribution < 1.29 is 23.8 Å². The maximum Gasteiger partial charge on any atom is 0.340 e. The highest BCUT2D eigenvalue weighted by Crippen LogP contribution is 2.28. The number of nitrogens with zero attached hydrogens (tertiary/aromatic N) is 1. The highest BCUT2D eigenvalue weighted by Gasteiger charge is 2.16. The fourth-order valence-electron chi connectivity index (χ4n) is 2.96. The molecule has 0 saturated heterocycles. The maximum absolute atomic E-state index is 12.5. The molecule has 2 aromatic carbocycles. The Morgan fingerprint density at radius 3 is 2.42 bits per heavy atom. The highest BCUT2D eigenvalue weighted by molar-refractivity contribution is 6.09. The topological polar surface area (TPSA) is 110 Å². The lowest BCUT2D eigenvalue weighted by Gasteiger charge is -2.12. The van der Waals surface area contributed by atoms with Crippen LogP contribution in [-0.2, 0) is 16.0 Å². The molecule has 0 aliphatic carbocycles. The lowest BCUT2D eigenvalue weighted by atomic mass is 10.1. The predicted octanol–water partition coefficient (Wildman–Crippen LogP) is 3.84. The van der Waals surface area contributed by atoms with E-state index in [0.717, 1.165) is 5.56 Å². The summed E-state index contributed by atoms with van der Waals surface area (Å²) in [6.07, 6.45) is 2.01. The van der Waals surface area contributed by atoms with Crippen LogP contribution in [0, 0.1) is 11.3 Å². The Hall–Kier alpha value is -3.99. The Bertz CT molecular complexity index is 1030. The number of rotatable bonds is 12. The zero-order valence-electron chi connectivity index (χ0n) is 19.1. The van der Waals surface area contributed by atoms with Crippen molar-refractivity contribution in [1.29, 1.82) is 5.26 Å². The number of anilines is 1. The van der Waals surface area contributed by atoms with Crippen LogP contribution in [0.1, 0.15) is 36.7 Å². The second-order valence-electron chi connectivity index (χ2n) is 6.74. The fourth-order valence-corrected chi connectivity index (χ4v) is 2.96. The molecule has 2 aromatic rings. The number of hydrogen-bond donors (Lipinski definition) is 2. The first kappa shape index (κ1) is 25.3. The number of benzene rings is 2. The van der Waals surface area contributed by atoms with Gasteiger partial charge in [-0.3, -0.25) is 4.79 Å². The Morgan fingerprint density at radius 1 is 1.00 bits per heavy atom. The standard InChI is InChI=1S/C25H29N3O5/c1-4-31-22-12-11-18(15-23(22)32-5-2)13-14-27-17-19(16-26)24(29)28-21-10-8-7-9-20(21)25(30)33-6-3/h7-12,15,17,27H,4-6,13-14H2,1-3H3,(H,28,29)/b19-17-. The third kappa shape index (κ3) is 7.58.